The fourth-order valence-corrected chi connectivity index (χ4v) is 2.19. The van der Waals surface area contributed by atoms with Crippen LogP contribution in [-0.4, -0.2) is 18.9 Å². The number of hydrogen-bond acceptors (Lipinski definition) is 5. The molecule has 0 aliphatic carbocycles. The Morgan fingerprint density at radius 1 is 1.26 bits per heavy atom. The molecule has 0 unspecified atom stereocenters. The van der Waals surface area contributed by atoms with Gasteiger partial charge in [-0.1, -0.05) is 0 Å². The van der Waals surface area contributed by atoms with Gasteiger partial charge in [-0.25, -0.2) is 4.79 Å². The topological polar surface area (TPSA) is 65.7 Å². The van der Waals surface area contributed by atoms with Crippen LogP contribution in [0.1, 0.15) is 28.6 Å². The summed E-state index contributed by atoms with van der Waals surface area (Å²) < 4.78 is 16.2. The zero-order valence-corrected chi connectivity index (χ0v) is 14.3. The van der Waals surface area contributed by atoms with Gasteiger partial charge in [-0.2, -0.15) is 0 Å². The predicted octanol–water partition coefficient (Wildman–Crippen LogP) is 4.01. The summed E-state index contributed by atoms with van der Waals surface area (Å²) in [6.07, 6.45) is 2.78. The molecule has 0 spiro atoms. The molecule has 0 atom stereocenters. The van der Waals surface area contributed by atoms with E-state index in [0.29, 0.717) is 27.3 Å². The van der Waals surface area contributed by atoms with Crippen LogP contribution in [0.15, 0.2) is 45.5 Å². The molecular formula is C17H15BrO5. The van der Waals surface area contributed by atoms with Crippen molar-refractivity contribution in [2.75, 3.05) is 7.11 Å². The lowest BCUT2D eigenvalue weighted by Crippen LogP contribution is -2.04. The van der Waals surface area contributed by atoms with E-state index in [1.165, 1.54) is 26.2 Å². The lowest BCUT2D eigenvalue weighted by Gasteiger charge is -2.09. The molecule has 5 nitrogen and oxygen atoms in total. The van der Waals surface area contributed by atoms with Crippen molar-refractivity contribution in [1.29, 1.82) is 0 Å². The second-order valence-corrected chi connectivity index (χ2v) is 5.45. The summed E-state index contributed by atoms with van der Waals surface area (Å²) in [6.45, 7) is 1.48. The fraction of sp³-hybridized carbons (Fsp3) is 0.176. The summed E-state index contributed by atoms with van der Waals surface area (Å²) in [6, 6.07) is 8.44. The smallest absolute Gasteiger partial charge is 0.331 e. The Bertz CT molecular complexity index is 745. The number of carbonyl (C=O) groups excluding carboxylic acids is 2. The third kappa shape index (κ3) is 4.82. The monoisotopic (exact) mass is 378 g/mol. The summed E-state index contributed by atoms with van der Waals surface area (Å²) >= 11 is 3.18. The van der Waals surface area contributed by atoms with Gasteiger partial charge < -0.3 is 13.9 Å². The first-order valence-corrected chi connectivity index (χ1v) is 7.57. The molecule has 23 heavy (non-hydrogen) atoms. The molecule has 1 heterocycles. The third-order valence-electron chi connectivity index (χ3n) is 3.03. The van der Waals surface area contributed by atoms with Crippen molar-refractivity contribution in [2.45, 2.75) is 13.5 Å². The van der Waals surface area contributed by atoms with Gasteiger partial charge in [0, 0.05) is 17.2 Å². The number of rotatable bonds is 6. The van der Waals surface area contributed by atoms with E-state index in [2.05, 4.69) is 15.9 Å². The standard InChI is InChI=1S/C17H15BrO5/c1-11(19)12-3-6-15(21-2)13(9-12)10-22-17(20)8-5-14-4-7-16(18)23-14/h3-9H,10H2,1-2H3. The van der Waals surface area contributed by atoms with Crippen molar-refractivity contribution in [1.82, 2.24) is 0 Å². The molecular weight excluding hydrogens is 364 g/mol. The molecule has 0 bridgehead atoms. The Morgan fingerprint density at radius 3 is 2.65 bits per heavy atom. The minimum atomic E-state index is -0.521. The van der Waals surface area contributed by atoms with Gasteiger partial charge in [0.1, 0.15) is 18.1 Å². The minimum Gasteiger partial charge on any atom is -0.496 e. The molecule has 0 aliphatic heterocycles. The van der Waals surface area contributed by atoms with Gasteiger partial charge in [0.25, 0.3) is 0 Å². The summed E-state index contributed by atoms with van der Waals surface area (Å²) in [4.78, 5) is 23.2. The van der Waals surface area contributed by atoms with E-state index < -0.39 is 5.97 Å². The van der Waals surface area contributed by atoms with Crippen LogP contribution in [0.25, 0.3) is 6.08 Å². The molecule has 0 aliphatic rings. The van der Waals surface area contributed by atoms with Gasteiger partial charge in [0.05, 0.1) is 7.11 Å². The maximum absolute atomic E-state index is 11.7. The maximum Gasteiger partial charge on any atom is 0.331 e. The maximum atomic E-state index is 11.7. The number of esters is 1. The number of carbonyl (C=O) groups is 2. The van der Waals surface area contributed by atoms with E-state index in [9.17, 15) is 9.59 Å². The number of ether oxygens (including phenoxy) is 2. The molecule has 0 fully saturated rings. The zero-order valence-electron chi connectivity index (χ0n) is 12.7. The molecule has 1 aromatic carbocycles. The highest BCUT2D eigenvalue weighted by Gasteiger charge is 2.09. The molecule has 2 rings (SSSR count). The van der Waals surface area contributed by atoms with Gasteiger partial charge in [0.2, 0.25) is 0 Å². The van der Waals surface area contributed by atoms with E-state index in [1.807, 2.05) is 0 Å². The molecule has 0 amide bonds. The summed E-state index contributed by atoms with van der Waals surface area (Å²) in [7, 11) is 1.52. The van der Waals surface area contributed by atoms with E-state index in [-0.39, 0.29) is 12.4 Å². The Morgan fingerprint density at radius 2 is 2.04 bits per heavy atom. The van der Waals surface area contributed by atoms with Crippen LogP contribution in [0.5, 0.6) is 5.75 Å². The summed E-state index contributed by atoms with van der Waals surface area (Å²) in [5.41, 5.74) is 1.16. The Balaban J connectivity index is 2.02. The first-order valence-electron chi connectivity index (χ1n) is 6.77. The second-order valence-electron chi connectivity index (χ2n) is 4.67. The largest absolute Gasteiger partial charge is 0.496 e. The molecule has 120 valence electrons. The number of furan rings is 1. The molecule has 0 saturated heterocycles. The van der Waals surface area contributed by atoms with Crippen LogP contribution >= 0.6 is 15.9 Å². The van der Waals surface area contributed by atoms with Gasteiger partial charge in [-0.05, 0) is 59.3 Å². The normalized spacial score (nSPS) is 10.7. The SMILES string of the molecule is COc1ccc(C(C)=O)cc1COC(=O)C=Cc1ccc(Br)o1. The average Bonchev–Trinajstić information content (AvgIpc) is 2.96. The molecule has 6 heteroatoms. The highest BCUT2D eigenvalue weighted by atomic mass is 79.9. The average molecular weight is 379 g/mol. The molecule has 1 aromatic heterocycles. The molecule has 0 radical (unpaired) electrons. The first-order chi connectivity index (χ1) is 11.0. The quantitative estimate of drug-likeness (QED) is 0.431. The van der Waals surface area contributed by atoms with Crippen LogP contribution in [0, 0.1) is 0 Å². The number of methoxy groups -OCH3 is 1. The van der Waals surface area contributed by atoms with Crippen LogP contribution in [0.3, 0.4) is 0 Å². The predicted molar refractivity (Wildman–Crippen MR) is 88.2 cm³/mol. The van der Waals surface area contributed by atoms with Gasteiger partial charge in [-0.3, -0.25) is 4.79 Å². The molecule has 0 saturated carbocycles. The third-order valence-corrected chi connectivity index (χ3v) is 3.46. The van der Waals surface area contributed by atoms with Crippen LogP contribution in [0.2, 0.25) is 0 Å². The van der Waals surface area contributed by atoms with Gasteiger partial charge in [0.15, 0.2) is 10.5 Å². The highest BCUT2D eigenvalue weighted by Crippen LogP contribution is 2.21. The zero-order chi connectivity index (χ0) is 16.8. The molecule has 0 N–H and O–H groups in total. The van der Waals surface area contributed by atoms with Gasteiger partial charge >= 0.3 is 5.97 Å². The number of benzene rings is 1. The lowest BCUT2D eigenvalue weighted by molar-refractivity contribution is -0.138. The number of halogens is 1. The minimum absolute atomic E-state index is 0.00924. The van der Waals surface area contributed by atoms with E-state index >= 15 is 0 Å². The number of hydrogen-bond donors (Lipinski definition) is 0. The van der Waals surface area contributed by atoms with Crippen molar-refractivity contribution >= 4 is 33.8 Å². The lowest BCUT2D eigenvalue weighted by atomic mass is 10.1. The van der Waals surface area contributed by atoms with Crippen molar-refractivity contribution in [3.63, 3.8) is 0 Å². The van der Waals surface area contributed by atoms with Crippen LogP contribution in [-0.2, 0) is 16.1 Å². The van der Waals surface area contributed by atoms with Gasteiger partial charge in [-0.15, -0.1) is 0 Å². The van der Waals surface area contributed by atoms with Crippen molar-refractivity contribution in [3.8, 4) is 5.75 Å². The fourth-order valence-electron chi connectivity index (χ4n) is 1.88. The highest BCUT2D eigenvalue weighted by molar-refractivity contribution is 9.10. The Hall–Kier alpha value is -2.34. The second kappa shape index (κ2) is 7.78. The first kappa shape index (κ1) is 17.0. The molecule has 2 aromatic rings. The van der Waals surface area contributed by atoms with Crippen molar-refractivity contribution in [3.05, 3.63) is 58.0 Å². The van der Waals surface area contributed by atoms with Crippen molar-refractivity contribution in [2.24, 2.45) is 0 Å². The van der Waals surface area contributed by atoms with Crippen LogP contribution < -0.4 is 4.74 Å². The summed E-state index contributed by atoms with van der Waals surface area (Å²) in [5.74, 6) is 0.503. The summed E-state index contributed by atoms with van der Waals surface area (Å²) in [5, 5.41) is 0. The van der Waals surface area contributed by atoms with Crippen LogP contribution in [0.4, 0.5) is 0 Å². The number of Topliss-reactive ketones (excluding diaryl/α,β-unsaturated/α-hetero) is 1. The Kier molecular flexibility index (Phi) is 5.76. The van der Waals surface area contributed by atoms with E-state index in [4.69, 9.17) is 13.9 Å². The van der Waals surface area contributed by atoms with Crippen molar-refractivity contribution < 1.29 is 23.5 Å². The van der Waals surface area contributed by atoms with E-state index in [1.54, 1.807) is 30.3 Å². The van der Waals surface area contributed by atoms with E-state index in [0.717, 1.165) is 0 Å². The number of ketones is 1. The Labute approximate surface area is 142 Å².